The number of carbonyl (C=O) groups excluding carboxylic acids is 3. The van der Waals surface area contributed by atoms with Crippen LogP contribution < -0.4 is 10.6 Å². The summed E-state index contributed by atoms with van der Waals surface area (Å²) in [5.74, 6) is -1.28. The predicted molar refractivity (Wildman–Crippen MR) is 104 cm³/mol. The number of esters is 1. The Kier molecular flexibility index (Phi) is 5.59. The van der Waals surface area contributed by atoms with Gasteiger partial charge >= 0.3 is 5.97 Å². The highest BCUT2D eigenvalue weighted by molar-refractivity contribution is 5.98. The molecule has 0 aliphatic carbocycles. The van der Waals surface area contributed by atoms with E-state index in [4.69, 9.17) is 4.74 Å². The Balaban J connectivity index is 1.61. The molecule has 0 fully saturated rings. The topological polar surface area (TPSA) is 110 Å². The summed E-state index contributed by atoms with van der Waals surface area (Å²) < 4.78 is 5.24. The SMILES string of the molecule is CC(=O)Nc1ccc(NC(=O)[C@@H](C)OC(=O)c2ccc3nccnc3c2)cc1. The van der Waals surface area contributed by atoms with Crippen molar-refractivity contribution in [2.45, 2.75) is 20.0 Å². The number of carbonyl (C=O) groups is 3. The fraction of sp³-hybridized carbons (Fsp3) is 0.150. The van der Waals surface area contributed by atoms with Crippen molar-refractivity contribution < 1.29 is 19.1 Å². The first kappa shape index (κ1) is 19.0. The van der Waals surface area contributed by atoms with Crippen molar-refractivity contribution >= 4 is 40.2 Å². The van der Waals surface area contributed by atoms with E-state index in [1.54, 1.807) is 48.7 Å². The number of hydrogen-bond acceptors (Lipinski definition) is 6. The van der Waals surface area contributed by atoms with Crippen LogP contribution in [0.2, 0.25) is 0 Å². The normalized spacial score (nSPS) is 11.5. The summed E-state index contributed by atoms with van der Waals surface area (Å²) >= 11 is 0. The second-order valence-corrected chi connectivity index (χ2v) is 6.06. The molecule has 8 heteroatoms. The lowest BCUT2D eigenvalue weighted by molar-refractivity contribution is -0.123. The third-order valence-electron chi connectivity index (χ3n) is 3.83. The molecule has 1 aromatic heterocycles. The van der Waals surface area contributed by atoms with E-state index in [2.05, 4.69) is 20.6 Å². The smallest absolute Gasteiger partial charge is 0.338 e. The van der Waals surface area contributed by atoms with Crippen molar-refractivity contribution in [2.24, 2.45) is 0 Å². The Labute approximate surface area is 160 Å². The van der Waals surface area contributed by atoms with Gasteiger partial charge in [0.1, 0.15) is 0 Å². The molecule has 0 saturated heterocycles. The number of hydrogen-bond donors (Lipinski definition) is 2. The summed E-state index contributed by atoms with van der Waals surface area (Å²) in [4.78, 5) is 43.9. The third kappa shape index (κ3) is 4.67. The van der Waals surface area contributed by atoms with Gasteiger partial charge in [0.05, 0.1) is 16.6 Å². The van der Waals surface area contributed by atoms with Gasteiger partial charge in [-0.15, -0.1) is 0 Å². The van der Waals surface area contributed by atoms with Gasteiger partial charge in [-0.25, -0.2) is 4.79 Å². The first-order chi connectivity index (χ1) is 13.4. The summed E-state index contributed by atoms with van der Waals surface area (Å²) in [7, 11) is 0. The molecule has 0 bridgehead atoms. The lowest BCUT2D eigenvalue weighted by Gasteiger charge is -2.14. The van der Waals surface area contributed by atoms with Gasteiger partial charge in [-0.3, -0.25) is 19.6 Å². The first-order valence-electron chi connectivity index (χ1n) is 8.52. The average Bonchev–Trinajstić information content (AvgIpc) is 2.68. The van der Waals surface area contributed by atoms with Crippen LogP contribution in [0.3, 0.4) is 0 Å². The molecule has 2 N–H and O–H groups in total. The van der Waals surface area contributed by atoms with Crippen molar-refractivity contribution in [3.05, 3.63) is 60.4 Å². The largest absolute Gasteiger partial charge is 0.449 e. The molecule has 3 rings (SSSR count). The second-order valence-electron chi connectivity index (χ2n) is 6.06. The van der Waals surface area contributed by atoms with E-state index >= 15 is 0 Å². The van der Waals surface area contributed by atoms with Crippen molar-refractivity contribution in [1.82, 2.24) is 9.97 Å². The summed E-state index contributed by atoms with van der Waals surface area (Å²) in [6.45, 7) is 2.90. The number of nitrogens with one attached hydrogen (secondary N) is 2. The molecule has 8 nitrogen and oxygen atoms in total. The minimum Gasteiger partial charge on any atom is -0.449 e. The zero-order chi connectivity index (χ0) is 20.1. The molecular formula is C20H18N4O4. The van der Waals surface area contributed by atoms with Crippen LogP contribution in [0.5, 0.6) is 0 Å². The average molecular weight is 378 g/mol. The zero-order valence-corrected chi connectivity index (χ0v) is 15.3. The minimum absolute atomic E-state index is 0.183. The van der Waals surface area contributed by atoms with Gasteiger partial charge in [0.2, 0.25) is 5.91 Å². The molecule has 1 heterocycles. The van der Waals surface area contributed by atoms with Crippen LogP contribution in [0.4, 0.5) is 11.4 Å². The van der Waals surface area contributed by atoms with Crippen molar-refractivity contribution in [2.75, 3.05) is 10.6 Å². The number of fused-ring (bicyclic) bond motifs is 1. The number of ether oxygens (including phenoxy) is 1. The standard InChI is InChI=1S/C20H18N4O4/c1-12(19(26)24-16-6-4-15(5-7-16)23-13(2)25)28-20(27)14-3-8-17-18(11-14)22-10-9-21-17/h3-12H,1-2H3,(H,23,25)(H,24,26)/t12-/m1/s1. The van der Waals surface area contributed by atoms with Crippen LogP contribution in [0, 0.1) is 0 Å². The van der Waals surface area contributed by atoms with E-state index in [0.717, 1.165) is 0 Å². The van der Waals surface area contributed by atoms with Gasteiger partial charge in [-0.05, 0) is 49.4 Å². The van der Waals surface area contributed by atoms with Crippen molar-refractivity contribution in [3.8, 4) is 0 Å². The lowest BCUT2D eigenvalue weighted by atomic mass is 10.2. The molecule has 0 aliphatic heterocycles. The molecule has 0 unspecified atom stereocenters. The molecule has 142 valence electrons. The number of aromatic nitrogens is 2. The Morgan fingerprint density at radius 1 is 0.893 bits per heavy atom. The molecule has 2 aromatic carbocycles. The van der Waals surface area contributed by atoms with E-state index in [0.29, 0.717) is 22.4 Å². The van der Waals surface area contributed by atoms with Gasteiger partial charge in [-0.2, -0.15) is 0 Å². The van der Waals surface area contributed by atoms with E-state index in [9.17, 15) is 14.4 Å². The second kappa shape index (κ2) is 8.26. The number of benzene rings is 2. The molecule has 1 atom stereocenters. The van der Waals surface area contributed by atoms with Crippen molar-refractivity contribution in [3.63, 3.8) is 0 Å². The molecule has 0 radical (unpaired) electrons. The summed E-state index contributed by atoms with van der Waals surface area (Å²) in [6.07, 6.45) is 2.10. The van der Waals surface area contributed by atoms with Gasteiger partial charge in [-0.1, -0.05) is 0 Å². The van der Waals surface area contributed by atoms with E-state index in [1.165, 1.54) is 20.0 Å². The molecule has 28 heavy (non-hydrogen) atoms. The Bertz CT molecular complexity index is 1030. The van der Waals surface area contributed by atoms with E-state index in [1.807, 2.05) is 0 Å². The monoisotopic (exact) mass is 378 g/mol. The molecule has 0 saturated carbocycles. The van der Waals surface area contributed by atoms with Crippen molar-refractivity contribution in [1.29, 1.82) is 0 Å². The summed E-state index contributed by atoms with van der Waals surface area (Å²) in [6, 6.07) is 11.4. The molecule has 2 amide bonds. The maximum atomic E-state index is 12.3. The Hall–Kier alpha value is -3.81. The third-order valence-corrected chi connectivity index (χ3v) is 3.83. The van der Waals surface area contributed by atoms with Crippen LogP contribution in [0.25, 0.3) is 11.0 Å². The van der Waals surface area contributed by atoms with Crippen LogP contribution >= 0.6 is 0 Å². The van der Waals surface area contributed by atoms with E-state index in [-0.39, 0.29) is 11.5 Å². The molecule has 3 aromatic rings. The highest BCUT2D eigenvalue weighted by Gasteiger charge is 2.19. The molecule has 0 aliphatic rings. The molecule has 0 spiro atoms. The highest BCUT2D eigenvalue weighted by atomic mass is 16.5. The predicted octanol–water partition coefficient (Wildman–Crippen LogP) is 2.77. The minimum atomic E-state index is -1.000. The van der Waals surface area contributed by atoms with Gasteiger partial charge in [0, 0.05) is 30.7 Å². The number of nitrogens with zero attached hydrogens (tertiary/aromatic N) is 2. The molecular weight excluding hydrogens is 360 g/mol. The first-order valence-corrected chi connectivity index (χ1v) is 8.52. The van der Waals surface area contributed by atoms with Crippen LogP contribution in [0.1, 0.15) is 24.2 Å². The summed E-state index contributed by atoms with van der Waals surface area (Å²) in [5, 5.41) is 5.29. The quantitative estimate of drug-likeness (QED) is 0.661. The number of amides is 2. The zero-order valence-electron chi connectivity index (χ0n) is 15.3. The lowest BCUT2D eigenvalue weighted by Crippen LogP contribution is -2.30. The Morgan fingerprint density at radius 3 is 2.14 bits per heavy atom. The summed E-state index contributed by atoms with van der Waals surface area (Å²) in [5.41, 5.74) is 2.64. The number of rotatable bonds is 5. The van der Waals surface area contributed by atoms with Crippen LogP contribution in [-0.2, 0) is 14.3 Å². The van der Waals surface area contributed by atoms with Crippen LogP contribution in [0.15, 0.2) is 54.9 Å². The number of anilines is 2. The highest BCUT2D eigenvalue weighted by Crippen LogP contribution is 2.15. The Morgan fingerprint density at radius 2 is 1.50 bits per heavy atom. The fourth-order valence-corrected chi connectivity index (χ4v) is 2.46. The maximum absolute atomic E-state index is 12.3. The van der Waals surface area contributed by atoms with Crippen LogP contribution in [-0.4, -0.2) is 33.9 Å². The maximum Gasteiger partial charge on any atom is 0.338 e. The van der Waals surface area contributed by atoms with Gasteiger partial charge in [0.15, 0.2) is 6.10 Å². The fourth-order valence-electron chi connectivity index (χ4n) is 2.46. The van der Waals surface area contributed by atoms with Gasteiger partial charge in [0.25, 0.3) is 5.91 Å². The van der Waals surface area contributed by atoms with Gasteiger partial charge < -0.3 is 15.4 Å². The van der Waals surface area contributed by atoms with E-state index < -0.39 is 18.0 Å².